The van der Waals surface area contributed by atoms with Gasteiger partial charge in [0.2, 0.25) is 0 Å². The molecule has 0 bridgehead atoms. The topological polar surface area (TPSA) is 21.6 Å². The third-order valence-electron chi connectivity index (χ3n) is 1.75. The number of rotatable bonds is 3. The molecular weight excluding hydrogens is 126 g/mol. The van der Waals surface area contributed by atoms with Gasteiger partial charge in [-0.15, -0.1) is 0 Å². The number of hydrogen-bond donors (Lipinski definition) is 0. The van der Waals surface area contributed by atoms with Crippen molar-refractivity contribution in [2.75, 3.05) is 0 Å². The summed E-state index contributed by atoms with van der Waals surface area (Å²) in [5.41, 5.74) is -0.186. The molecule has 10 heavy (non-hydrogen) atoms. The van der Waals surface area contributed by atoms with Crippen molar-refractivity contribution >= 4 is 6.21 Å². The fourth-order valence-corrected chi connectivity index (χ4v) is 0.279. The van der Waals surface area contributed by atoms with Gasteiger partial charge in [-0.05, 0) is 26.7 Å². The molecule has 1 radical (unpaired) electrons. The van der Waals surface area contributed by atoms with E-state index in [1.165, 1.54) is 6.21 Å². The van der Waals surface area contributed by atoms with Crippen LogP contribution in [0.3, 0.4) is 0 Å². The molecule has 0 saturated carbocycles. The molecule has 0 aliphatic carbocycles. The van der Waals surface area contributed by atoms with Crippen LogP contribution in [0.5, 0.6) is 0 Å². The largest absolute Gasteiger partial charge is 0.390 e. The second kappa shape index (κ2) is 3.59. The Morgan fingerprint density at radius 1 is 1.50 bits per heavy atom. The third kappa shape index (κ3) is 2.85. The molecule has 0 fully saturated rings. The molecule has 2 heteroatoms. The molecule has 0 spiro atoms. The Balaban J connectivity index is 3.86. The van der Waals surface area contributed by atoms with E-state index in [0.717, 1.165) is 0 Å². The van der Waals surface area contributed by atoms with Crippen LogP contribution in [-0.4, -0.2) is 11.8 Å². The molecule has 0 aromatic heterocycles. The molecule has 0 saturated heterocycles. The van der Waals surface area contributed by atoms with Gasteiger partial charge in [0.1, 0.15) is 5.60 Å². The first-order valence-electron chi connectivity index (χ1n) is 3.50. The van der Waals surface area contributed by atoms with Gasteiger partial charge in [-0.1, -0.05) is 19.0 Å². The maximum Gasteiger partial charge on any atom is 0.134 e. The molecule has 2 nitrogen and oxygen atoms in total. The van der Waals surface area contributed by atoms with Crippen molar-refractivity contribution in [3.8, 4) is 0 Å². The van der Waals surface area contributed by atoms with Gasteiger partial charge in [0.25, 0.3) is 0 Å². The van der Waals surface area contributed by atoms with Gasteiger partial charge >= 0.3 is 0 Å². The van der Waals surface area contributed by atoms with E-state index in [0.29, 0.717) is 5.92 Å². The number of hydrogen-bond acceptors (Lipinski definition) is 2. The van der Waals surface area contributed by atoms with Gasteiger partial charge in [-0.2, -0.15) is 0 Å². The highest BCUT2D eigenvalue weighted by Crippen LogP contribution is 2.19. The summed E-state index contributed by atoms with van der Waals surface area (Å²) in [4.78, 5) is 5.15. The van der Waals surface area contributed by atoms with Crippen LogP contribution in [0.2, 0.25) is 0 Å². The average Bonchev–Trinajstić information content (AvgIpc) is 1.84. The van der Waals surface area contributed by atoms with E-state index in [4.69, 9.17) is 4.84 Å². The lowest BCUT2D eigenvalue weighted by Gasteiger charge is -2.25. The molecular formula is C8H16NO. The van der Waals surface area contributed by atoms with Crippen molar-refractivity contribution in [3.05, 3.63) is 6.92 Å². The minimum absolute atomic E-state index is 0.186. The van der Waals surface area contributed by atoms with Crippen LogP contribution in [0.1, 0.15) is 27.7 Å². The van der Waals surface area contributed by atoms with E-state index < -0.39 is 0 Å². The van der Waals surface area contributed by atoms with Crippen molar-refractivity contribution in [2.24, 2.45) is 11.1 Å². The molecule has 0 unspecified atom stereocenters. The summed E-state index contributed by atoms with van der Waals surface area (Å²) in [6.07, 6.45) is 1.41. The smallest absolute Gasteiger partial charge is 0.134 e. The fraction of sp³-hybridized carbons (Fsp3) is 0.750. The SMILES string of the molecule is [CH2]C=NOC(C)(C)C(C)C. The van der Waals surface area contributed by atoms with E-state index in [9.17, 15) is 0 Å². The van der Waals surface area contributed by atoms with Crippen molar-refractivity contribution in [2.45, 2.75) is 33.3 Å². The first-order chi connectivity index (χ1) is 4.50. The Bertz CT molecular complexity index is 116. The Morgan fingerprint density at radius 2 is 2.00 bits per heavy atom. The van der Waals surface area contributed by atoms with Crippen molar-refractivity contribution in [1.29, 1.82) is 0 Å². The lowest BCUT2D eigenvalue weighted by molar-refractivity contribution is -0.0470. The quantitative estimate of drug-likeness (QED) is 0.437. The average molecular weight is 142 g/mol. The second-order valence-corrected chi connectivity index (χ2v) is 3.14. The van der Waals surface area contributed by atoms with Crippen LogP contribution < -0.4 is 0 Å². The van der Waals surface area contributed by atoms with Crippen LogP contribution in [0.25, 0.3) is 0 Å². The minimum atomic E-state index is -0.186. The summed E-state index contributed by atoms with van der Waals surface area (Å²) < 4.78 is 0. The summed E-state index contributed by atoms with van der Waals surface area (Å²) in [7, 11) is 0. The first-order valence-corrected chi connectivity index (χ1v) is 3.50. The van der Waals surface area contributed by atoms with E-state index >= 15 is 0 Å². The van der Waals surface area contributed by atoms with Gasteiger partial charge in [-0.3, -0.25) is 0 Å². The van der Waals surface area contributed by atoms with Crippen LogP contribution in [-0.2, 0) is 4.84 Å². The monoisotopic (exact) mass is 142 g/mol. The third-order valence-corrected chi connectivity index (χ3v) is 1.75. The molecule has 0 amide bonds. The van der Waals surface area contributed by atoms with Crippen LogP contribution in [0.4, 0.5) is 0 Å². The molecule has 0 rings (SSSR count). The number of oxime groups is 1. The van der Waals surface area contributed by atoms with E-state index in [2.05, 4.69) is 25.9 Å². The molecule has 0 atom stereocenters. The van der Waals surface area contributed by atoms with Crippen molar-refractivity contribution in [3.63, 3.8) is 0 Å². The maximum atomic E-state index is 5.15. The predicted octanol–water partition coefficient (Wildman–Crippen LogP) is 2.26. The van der Waals surface area contributed by atoms with Crippen LogP contribution >= 0.6 is 0 Å². The van der Waals surface area contributed by atoms with Gasteiger partial charge in [0, 0.05) is 6.21 Å². The molecule has 0 heterocycles. The standard InChI is InChI=1S/C8H16NO/c1-6-9-10-8(4,5)7(2)3/h6-7H,1H2,2-5H3. The second-order valence-electron chi connectivity index (χ2n) is 3.14. The predicted molar refractivity (Wildman–Crippen MR) is 43.9 cm³/mol. The summed E-state index contributed by atoms with van der Waals surface area (Å²) >= 11 is 0. The Hall–Kier alpha value is -0.530. The van der Waals surface area contributed by atoms with E-state index in [1.54, 1.807) is 0 Å². The molecule has 0 aromatic carbocycles. The molecule has 0 aliphatic heterocycles. The molecule has 59 valence electrons. The zero-order valence-corrected chi connectivity index (χ0v) is 7.22. The normalized spacial score (nSPS) is 13.0. The first kappa shape index (κ1) is 9.47. The van der Waals surface area contributed by atoms with Crippen LogP contribution in [0.15, 0.2) is 5.16 Å². The maximum absolute atomic E-state index is 5.15. The summed E-state index contributed by atoms with van der Waals surface area (Å²) in [6, 6.07) is 0. The van der Waals surface area contributed by atoms with Crippen molar-refractivity contribution < 1.29 is 4.84 Å². The Kier molecular flexibility index (Phi) is 3.40. The summed E-state index contributed by atoms with van der Waals surface area (Å²) in [5.74, 6) is 0.455. The lowest BCUT2D eigenvalue weighted by Crippen LogP contribution is -2.28. The fourth-order valence-electron chi connectivity index (χ4n) is 0.279. The van der Waals surface area contributed by atoms with E-state index in [1.807, 2.05) is 13.8 Å². The van der Waals surface area contributed by atoms with Gasteiger partial charge in [0.15, 0.2) is 0 Å². The van der Waals surface area contributed by atoms with Crippen LogP contribution in [0, 0.1) is 12.8 Å². The van der Waals surface area contributed by atoms with E-state index in [-0.39, 0.29) is 5.60 Å². The van der Waals surface area contributed by atoms with Gasteiger partial charge in [-0.25, -0.2) is 0 Å². The molecule has 0 aromatic rings. The van der Waals surface area contributed by atoms with Gasteiger partial charge in [0.05, 0.1) is 0 Å². The van der Waals surface area contributed by atoms with Gasteiger partial charge < -0.3 is 4.84 Å². The summed E-state index contributed by atoms with van der Waals surface area (Å²) in [6.45, 7) is 11.6. The molecule has 0 aliphatic rings. The molecule has 0 N–H and O–H groups in total. The Morgan fingerprint density at radius 3 is 2.30 bits per heavy atom. The highest BCUT2D eigenvalue weighted by Gasteiger charge is 2.23. The summed E-state index contributed by atoms with van der Waals surface area (Å²) in [5, 5.41) is 3.63. The minimum Gasteiger partial charge on any atom is -0.390 e. The highest BCUT2D eigenvalue weighted by molar-refractivity contribution is 5.60. The number of nitrogens with zero attached hydrogens (tertiary/aromatic N) is 1. The van der Waals surface area contributed by atoms with Crippen molar-refractivity contribution in [1.82, 2.24) is 0 Å². The zero-order valence-electron chi connectivity index (χ0n) is 7.22. The lowest BCUT2D eigenvalue weighted by atomic mass is 9.95. The highest BCUT2D eigenvalue weighted by atomic mass is 16.6. The Labute approximate surface area is 63.3 Å². The zero-order chi connectivity index (χ0) is 8.20.